The highest BCUT2D eigenvalue weighted by atomic mass is 35.5. The first-order valence-corrected chi connectivity index (χ1v) is 13.0. The summed E-state index contributed by atoms with van der Waals surface area (Å²) in [4.78, 5) is 21.2. The Morgan fingerprint density at radius 2 is 1.68 bits per heavy atom. The molecule has 0 aliphatic carbocycles. The van der Waals surface area contributed by atoms with E-state index in [1.165, 1.54) is 25.3 Å². The number of nitrogens with one attached hydrogen (secondary N) is 4. The molecular weight excluding hydrogens is 516 g/mol. The molecule has 37 heavy (non-hydrogen) atoms. The molecule has 0 aliphatic heterocycles. The minimum absolute atomic E-state index is 0.0316. The molecular formula is C25H25ClN6O4S. The molecule has 4 N–H and O–H groups in total. The van der Waals surface area contributed by atoms with Gasteiger partial charge in [-0.25, -0.2) is 18.4 Å². The van der Waals surface area contributed by atoms with Crippen molar-refractivity contribution in [2.75, 3.05) is 29.5 Å². The van der Waals surface area contributed by atoms with Gasteiger partial charge in [0.2, 0.25) is 5.91 Å². The van der Waals surface area contributed by atoms with Crippen molar-refractivity contribution in [2.45, 2.75) is 17.9 Å². The number of hydrogen-bond donors (Lipinski definition) is 4. The van der Waals surface area contributed by atoms with Gasteiger partial charge in [0.1, 0.15) is 5.75 Å². The van der Waals surface area contributed by atoms with Gasteiger partial charge in [0, 0.05) is 11.8 Å². The standard InChI is InChI=1S/C25H25ClN6O4S/c1-15(27-2)25(33)28-16-7-6-8-18(13-16)37(34,35)32-24-23(29-20-9-4-5-10-21(20)30-24)31-22-14-17(36-3)11-12-19(22)26/h4-15,27H,1-3H3,(H,28,33)(H,29,31)(H,30,32)/t15-/m0/s1. The zero-order chi connectivity index (χ0) is 26.6. The molecule has 0 bridgehead atoms. The maximum atomic E-state index is 13.4. The average Bonchev–Trinajstić information content (AvgIpc) is 2.89. The molecule has 1 heterocycles. The smallest absolute Gasteiger partial charge is 0.263 e. The number of likely N-dealkylation sites (N-methyl/N-ethyl adjacent to an activating group) is 1. The molecule has 3 aromatic carbocycles. The first-order valence-electron chi connectivity index (χ1n) is 11.2. The average molecular weight is 541 g/mol. The summed E-state index contributed by atoms with van der Waals surface area (Å²) in [7, 11) is -0.938. The van der Waals surface area contributed by atoms with E-state index in [1.807, 2.05) is 0 Å². The summed E-state index contributed by atoms with van der Waals surface area (Å²) in [6.07, 6.45) is 0. The molecule has 12 heteroatoms. The zero-order valence-electron chi connectivity index (χ0n) is 20.2. The number of halogens is 1. The fraction of sp³-hybridized carbons (Fsp3) is 0.160. The van der Waals surface area contributed by atoms with Crippen LogP contribution in [-0.2, 0) is 14.8 Å². The first-order chi connectivity index (χ1) is 17.7. The number of fused-ring (bicyclic) bond motifs is 1. The van der Waals surface area contributed by atoms with Crippen molar-refractivity contribution in [3.8, 4) is 5.75 Å². The van der Waals surface area contributed by atoms with Crippen LogP contribution in [0, 0.1) is 0 Å². The van der Waals surface area contributed by atoms with Crippen LogP contribution in [0.15, 0.2) is 71.6 Å². The predicted octanol–water partition coefficient (Wildman–Crippen LogP) is 4.38. The lowest BCUT2D eigenvalue weighted by Gasteiger charge is -2.16. The van der Waals surface area contributed by atoms with Gasteiger partial charge in [0.05, 0.1) is 39.8 Å². The predicted molar refractivity (Wildman–Crippen MR) is 145 cm³/mol. The normalized spacial score (nSPS) is 12.1. The third kappa shape index (κ3) is 6.08. The molecule has 4 aromatic rings. The van der Waals surface area contributed by atoms with Crippen molar-refractivity contribution >= 4 is 61.6 Å². The summed E-state index contributed by atoms with van der Waals surface area (Å²) in [5.41, 5.74) is 1.83. The van der Waals surface area contributed by atoms with E-state index < -0.39 is 16.1 Å². The van der Waals surface area contributed by atoms with Gasteiger partial charge in [-0.1, -0.05) is 29.8 Å². The maximum Gasteiger partial charge on any atom is 0.263 e. The number of carbonyl (C=O) groups excluding carboxylic acids is 1. The van der Waals surface area contributed by atoms with Gasteiger partial charge in [-0.15, -0.1) is 0 Å². The summed E-state index contributed by atoms with van der Waals surface area (Å²) in [5.74, 6) is 0.363. The van der Waals surface area contributed by atoms with Crippen molar-refractivity contribution in [3.05, 3.63) is 71.8 Å². The third-order valence-electron chi connectivity index (χ3n) is 5.47. The quantitative estimate of drug-likeness (QED) is 0.246. The van der Waals surface area contributed by atoms with Crippen molar-refractivity contribution in [1.29, 1.82) is 0 Å². The summed E-state index contributed by atoms with van der Waals surface area (Å²) in [6.45, 7) is 1.69. The molecule has 0 radical (unpaired) electrons. The van der Waals surface area contributed by atoms with Crippen LogP contribution in [0.1, 0.15) is 6.92 Å². The molecule has 0 aliphatic rings. The number of sulfonamides is 1. The summed E-state index contributed by atoms with van der Waals surface area (Å²) in [6, 6.07) is 17.5. The Labute approximate surface area is 219 Å². The first kappa shape index (κ1) is 26.1. The number of benzene rings is 3. The second-order valence-electron chi connectivity index (χ2n) is 8.01. The Balaban J connectivity index is 1.71. The molecule has 0 unspecified atom stereocenters. The molecule has 4 rings (SSSR count). The van der Waals surface area contributed by atoms with E-state index in [4.69, 9.17) is 16.3 Å². The zero-order valence-corrected chi connectivity index (χ0v) is 21.8. The number of rotatable bonds is 9. The van der Waals surface area contributed by atoms with Crippen LogP contribution in [-0.4, -0.2) is 44.5 Å². The van der Waals surface area contributed by atoms with Crippen LogP contribution in [0.3, 0.4) is 0 Å². The molecule has 0 saturated carbocycles. The minimum Gasteiger partial charge on any atom is -0.497 e. The molecule has 192 valence electrons. The topological polar surface area (TPSA) is 134 Å². The highest BCUT2D eigenvalue weighted by molar-refractivity contribution is 7.92. The van der Waals surface area contributed by atoms with E-state index in [9.17, 15) is 13.2 Å². The molecule has 0 spiro atoms. The highest BCUT2D eigenvalue weighted by Crippen LogP contribution is 2.33. The number of amides is 1. The Morgan fingerprint density at radius 1 is 0.973 bits per heavy atom. The van der Waals surface area contributed by atoms with Gasteiger partial charge in [-0.2, -0.15) is 0 Å². The largest absolute Gasteiger partial charge is 0.497 e. The lowest BCUT2D eigenvalue weighted by molar-refractivity contribution is -0.117. The number of carbonyl (C=O) groups is 1. The van der Waals surface area contributed by atoms with Gasteiger partial charge in [-0.05, 0) is 56.4 Å². The Morgan fingerprint density at radius 3 is 2.35 bits per heavy atom. The number of aromatic nitrogens is 2. The van der Waals surface area contributed by atoms with Crippen LogP contribution < -0.4 is 25.4 Å². The number of anilines is 4. The molecule has 1 atom stereocenters. The van der Waals surface area contributed by atoms with E-state index in [0.717, 1.165) is 0 Å². The third-order valence-corrected chi connectivity index (χ3v) is 7.13. The van der Waals surface area contributed by atoms with E-state index in [1.54, 1.807) is 62.5 Å². The lowest BCUT2D eigenvalue weighted by Crippen LogP contribution is -2.35. The highest BCUT2D eigenvalue weighted by Gasteiger charge is 2.21. The van der Waals surface area contributed by atoms with Crippen LogP contribution in [0.25, 0.3) is 11.0 Å². The number of nitrogens with zero attached hydrogens (tertiary/aromatic N) is 2. The van der Waals surface area contributed by atoms with Gasteiger partial charge in [0.15, 0.2) is 11.6 Å². The molecule has 0 fully saturated rings. The summed E-state index contributed by atoms with van der Waals surface area (Å²) in [5, 5.41) is 8.97. The number of para-hydroxylation sites is 2. The molecule has 0 saturated heterocycles. The van der Waals surface area contributed by atoms with Gasteiger partial charge in [0.25, 0.3) is 10.0 Å². The lowest BCUT2D eigenvalue weighted by atomic mass is 10.3. The van der Waals surface area contributed by atoms with E-state index in [-0.39, 0.29) is 22.4 Å². The second kappa shape index (κ2) is 11.0. The van der Waals surface area contributed by atoms with Crippen LogP contribution in [0.4, 0.5) is 23.0 Å². The maximum absolute atomic E-state index is 13.4. The summed E-state index contributed by atoms with van der Waals surface area (Å²) >= 11 is 6.35. The van der Waals surface area contributed by atoms with Crippen molar-refractivity contribution in [3.63, 3.8) is 0 Å². The molecule has 1 aromatic heterocycles. The van der Waals surface area contributed by atoms with E-state index in [2.05, 4.69) is 30.6 Å². The van der Waals surface area contributed by atoms with Gasteiger partial charge in [-0.3, -0.25) is 9.52 Å². The Hall–Kier alpha value is -3.93. The van der Waals surface area contributed by atoms with Gasteiger partial charge >= 0.3 is 0 Å². The number of methoxy groups -OCH3 is 1. The van der Waals surface area contributed by atoms with Crippen LogP contribution >= 0.6 is 11.6 Å². The van der Waals surface area contributed by atoms with E-state index in [0.29, 0.717) is 33.2 Å². The van der Waals surface area contributed by atoms with Crippen LogP contribution in [0.2, 0.25) is 5.02 Å². The molecule has 1 amide bonds. The summed E-state index contributed by atoms with van der Waals surface area (Å²) < 4.78 is 34.5. The number of ether oxygens (including phenoxy) is 1. The minimum atomic E-state index is -4.12. The van der Waals surface area contributed by atoms with Gasteiger partial charge < -0.3 is 20.7 Å². The second-order valence-corrected chi connectivity index (χ2v) is 10.1. The Bertz CT molecular complexity index is 1560. The number of hydrogen-bond acceptors (Lipinski definition) is 8. The SMILES string of the molecule is CN[C@@H](C)C(=O)Nc1cccc(S(=O)(=O)Nc2nc3ccccc3nc2Nc2cc(OC)ccc2Cl)c1. The van der Waals surface area contributed by atoms with Crippen molar-refractivity contribution in [2.24, 2.45) is 0 Å². The fourth-order valence-corrected chi connectivity index (χ4v) is 4.54. The Kier molecular flexibility index (Phi) is 7.77. The van der Waals surface area contributed by atoms with Crippen LogP contribution in [0.5, 0.6) is 5.75 Å². The fourth-order valence-electron chi connectivity index (χ4n) is 3.32. The van der Waals surface area contributed by atoms with E-state index >= 15 is 0 Å². The van der Waals surface area contributed by atoms with Crippen molar-refractivity contribution < 1.29 is 17.9 Å². The molecule has 10 nitrogen and oxygen atoms in total. The monoisotopic (exact) mass is 540 g/mol. The van der Waals surface area contributed by atoms with Crippen molar-refractivity contribution in [1.82, 2.24) is 15.3 Å².